The van der Waals surface area contributed by atoms with Crippen molar-refractivity contribution in [2.45, 2.75) is 39.2 Å². The lowest BCUT2D eigenvalue weighted by Crippen LogP contribution is -2.37. The van der Waals surface area contributed by atoms with E-state index < -0.39 is 0 Å². The van der Waals surface area contributed by atoms with Crippen LogP contribution in [0.3, 0.4) is 0 Å². The van der Waals surface area contributed by atoms with Crippen molar-refractivity contribution in [3.05, 3.63) is 29.3 Å². The molecular formula is C16H21ClN2O2. The number of halogens is 1. The molecule has 1 aromatic rings. The number of benzene rings is 1. The Morgan fingerprint density at radius 3 is 2.81 bits per heavy atom. The van der Waals surface area contributed by atoms with Crippen LogP contribution in [0.5, 0.6) is 0 Å². The third-order valence-electron chi connectivity index (χ3n) is 3.83. The normalized spacial score (nSPS) is 18.1. The Kier molecular flexibility index (Phi) is 5.23. The molecule has 1 aliphatic heterocycles. The molecule has 0 saturated carbocycles. The summed E-state index contributed by atoms with van der Waals surface area (Å²) >= 11 is 5.57. The highest BCUT2D eigenvalue weighted by Gasteiger charge is 2.31. The molecule has 4 nitrogen and oxygen atoms in total. The van der Waals surface area contributed by atoms with E-state index in [1.165, 1.54) is 5.56 Å². The maximum atomic E-state index is 12.1. The number of carbonyl (C=O) groups excluding carboxylic acids is 2. The molecule has 5 heteroatoms. The second-order valence-electron chi connectivity index (χ2n) is 5.53. The molecule has 0 aromatic heterocycles. The number of nitrogens with zero attached hydrogens (tertiary/aromatic N) is 1. The number of amides is 2. The lowest BCUT2D eigenvalue weighted by atomic mass is 10.1. The number of alkyl halides is 1. The van der Waals surface area contributed by atoms with E-state index in [0.717, 1.165) is 11.3 Å². The van der Waals surface area contributed by atoms with Crippen LogP contribution >= 0.6 is 11.6 Å². The standard InChI is InChI=1S/C16H21ClN2O2/c1-11-5-6-14(8-12(11)2)19-10-13(9-16(19)21)18-15(20)4-3-7-17/h5-6,8,13H,3-4,7,9-10H2,1-2H3,(H,18,20). The molecule has 2 rings (SSSR count). The summed E-state index contributed by atoms with van der Waals surface area (Å²) in [4.78, 5) is 25.6. The second-order valence-corrected chi connectivity index (χ2v) is 5.91. The summed E-state index contributed by atoms with van der Waals surface area (Å²) in [6.45, 7) is 4.61. The zero-order valence-corrected chi connectivity index (χ0v) is 13.2. The van der Waals surface area contributed by atoms with Gasteiger partial charge in [-0.3, -0.25) is 9.59 Å². The molecule has 0 radical (unpaired) electrons. The summed E-state index contributed by atoms with van der Waals surface area (Å²) in [5.41, 5.74) is 3.27. The number of hydrogen-bond donors (Lipinski definition) is 1. The van der Waals surface area contributed by atoms with Crippen LogP contribution in [0.25, 0.3) is 0 Å². The van der Waals surface area contributed by atoms with Crippen LogP contribution in [0, 0.1) is 13.8 Å². The molecule has 114 valence electrons. The Morgan fingerprint density at radius 1 is 1.38 bits per heavy atom. The molecule has 0 spiro atoms. The molecule has 1 fully saturated rings. The van der Waals surface area contributed by atoms with Crippen molar-refractivity contribution in [1.29, 1.82) is 0 Å². The van der Waals surface area contributed by atoms with E-state index >= 15 is 0 Å². The topological polar surface area (TPSA) is 49.4 Å². The fourth-order valence-electron chi connectivity index (χ4n) is 2.47. The van der Waals surface area contributed by atoms with E-state index in [9.17, 15) is 9.59 Å². The minimum absolute atomic E-state index is 0.0320. The van der Waals surface area contributed by atoms with E-state index in [4.69, 9.17) is 11.6 Å². The maximum absolute atomic E-state index is 12.1. The van der Waals surface area contributed by atoms with Crippen LogP contribution in [0.2, 0.25) is 0 Å². The highest BCUT2D eigenvalue weighted by atomic mass is 35.5. The van der Waals surface area contributed by atoms with Gasteiger partial charge in [-0.15, -0.1) is 11.6 Å². The SMILES string of the molecule is Cc1ccc(N2CC(NC(=O)CCCCl)CC2=O)cc1C. The molecule has 1 unspecified atom stereocenters. The van der Waals surface area contributed by atoms with Gasteiger partial charge in [-0.2, -0.15) is 0 Å². The second kappa shape index (κ2) is 6.94. The lowest BCUT2D eigenvalue weighted by Gasteiger charge is -2.18. The van der Waals surface area contributed by atoms with Crippen LogP contribution in [-0.4, -0.2) is 30.3 Å². The minimum Gasteiger partial charge on any atom is -0.351 e. The van der Waals surface area contributed by atoms with E-state index in [1.807, 2.05) is 32.0 Å². The van der Waals surface area contributed by atoms with Crippen LogP contribution in [-0.2, 0) is 9.59 Å². The maximum Gasteiger partial charge on any atom is 0.229 e. The largest absolute Gasteiger partial charge is 0.351 e. The van der Waals surface area contributed by atoms with Gasteiger partial charge in [0.2, 0.25) is 11.8 Å². The quantitative estimate of drug-likeness (QED) is 0.850. The molecule has 1 aliphatic rings. The predicted molar refractivity (Wildman–Crippen MR) is 84.8 cm³/mol. The van der Waals surface area contributed by atoms with E-state index in [2.05, 4.69) is 5.32 Å². The molecule has 2 amide bonds. The van der Waals surface area contributed by atoms with Crippen molar-refractivity contribution < 1.29 is 9.59 Å². The summed E-state index contributed by atoms with van der Waals surface area (Å²) < 4.78 is 0. The van der Waals surface area contributed by atoms with Crippen molar-refractivity contribution in [2.24, 2.45) is 0 Å². The lowest BCUT2D eigenvalue weighted by molar-refractivity contribution is -0.121. The van der Waals surface area contributed by atoms with Gasteiger partial charge < -0.3 is 10.2 Å². The number of aryl methyl sites for hydroxylation is 2. The monoisotopic (exact) mass is 308 g/mol. The average molecular weight is 309 g/mol. The number of rotatable bonds is 5. The van der Waals surface area contributed by atoms with Gasteiger partial charge in [0, 0.05) is 31.0 Å². The van der Waals surface area contributed by atoms with Gasteiger partial charge in [-0.05, 0) is 43.5 Å². The smallest absolute Gasteiger partial charge is 0.229 e. The molecule has 0 aliphatic carbocycles. The predicted octanol–water partition coefficient (Wildman–Crippen LogP) is 2.54. The van der Waals surface area contributed by atoms with Gasteiger partial charge in [0.25, 0.3) is 0 Å². The van der Waals surface area contributed by atoms with Gasteiger partial charge in [0.1, 0.15) is 0 Å². The van der Waals surface area contributed by atoms with Crippen molar-refractivity contribution in [2.75, 3.05) is 17.3 Å². The molecule has 21 heavy (non-hydrogen) atoms. The van der Waals surface area contributed by atoms with Gasteiger partial charge in [-0.25, -0.2) is 0 Å². The Bertz CT molecular complexity index is 545. The van der Waals surface area contributed by atoms with Gasteiger partial charge in [0.05, 0.1) is 6.04 Å². The Hall–Kier alpha value is -1.55. The number of anilines is 1. The van der Waals surface area contributed by atoms with Crippen LogP contribution < -0.4 is 10.2 Å². The summed E-state index contributed by atoms with van der Waals surface area (Å²) in [5.74, 6) is 0.502. The first kappa shape index (κ1) is 15.8. The Labute approximate surface area is 130 Å². The van der Waals surface area contributed by atoms with E-state index in [-0.39, 0.29) is 17.9 Å². The Balaban J connectivity index is 1.99. The molecule has 0 bridgehead atoms. The fourth-order valence-corrected chi connectivity index (χ4v) is 2.61. The highest BCUT2D eigenvalue weighted by molar-refractivity contribution is 6.17. The fraction of sp³-hybridized carbons (Fsp3) is 0.500. The van der Waals surface area contributed by atoms with E-state index in [0.29, 0.717) is 31.7 Å². The molecule has 1 heterocycles. The summed E-state index contributed by atoms with van der Waals surface area (Å²) in [6, 6.07) is 5.88. The van der Waals surface area contributed by atoms with Crippen LogP contribution in [0.15, 0.2) is 18.2 Å². The summed E-state index contributed by atoms with van der Waals surface area (Å²) in [7, 11) is 0. The Morgan fingerprint density at radius 2 is 2.14 bits per heavy atom. The van der Waals surface area contributed by atoms with Gasteiger partial charge in [-0.1, -0.05) is 6.07 Å². The minimum atomic E-state index is -0.109. The highest BCUT2D eigenvalue weighted by Crippen LogP contribution is 2.24. The zero-order chi connectivity index (χ0) is 15.4. The molecule has 1 aromatic carbocycles. The number of carbonyl (C=O) groups is 2. The summed E-state index contributed by atoms with van der Waals surface area (Å²) in [6.07, 6.45) is 1.44. The molecule has 1 saturated heterocycles. The third kappa shape index (κ3) is 3.97. The van der Waals surface area contributed by atoms with Crippen LogP contribution in [0.1, 0.15) is 30.4 Å². The molecule has 1 atom stereocenters. The van der Waals surface area contributed by atoms with Crippen LogP contribution in [0.4, 0.5) is 5.69 Å². The van der Waals surface area contributed by atoms with E-state index in [1.54, 1.807) is 4.90 Å². The first-order valence-corrected chi connectivity index (χ1v) is 7.77. The first-order chi connectivity index (χ1) is 10.0. The number of nitrogens with one attached hydrogen (secondary N) is 1. The van der Waals surface area contributed by atoms with Gasteiger partial charge >= 0.3 is 0 Å². The molecular weight excluding hydrogens is 288 g/mol. The van der Waals surface area contributed by atoms with Crippen molar-refractivity contribution >= 4 is 29.1 Å². The molecule has 1 N–H and O–H groups in total. The first-order valence-electron chi connectivity index (χ1n) is 7.24. The van der Waals surface area contributed by atoms with Crippen molar-refractivity contribution in [3.63, 3.8) is 0 Å². The zero-order valence-electron chi connectivity index (χ0n) is 12.5. The average Bonchev–Trinajstić information content (AvgIpc) is 2.80. The van der Waals surface area contributed by atoms with Gasteiger partial charge in [0.15, 0.2) is 0 Å². The number of hydrogen-bond acceptors (Lipinski definition) is 2. The summed E-state index contributed by atoms with van der Waals surface area (Å²) in [5, 5.41) is 2.91. The third-order valence-corrected chi connectivity index (χ3v) is 4.10. The van der Waals surface area contributed by atoms with Crippen molar-refractivity contribution in [1.82, 2.24) is 5.32 Å². The van der Waals surface area contributed by atoms with Crippen molar-refractivity contribution in [3.8, 4) is 0 Å².